The molecule has 7 rings (SSSR count). The number of aryl methyl sites for hydroxylation is 2. The third-order valence-corrected chi connectivity index (χ3v) is 10.7. The number of carbonyl (C=O) groups is 2. The fraction of sp³-hybridized carbons (Fsp3) is 0.194. The van der Waals surface area contributed by atoms with E-state index in [1.807, 2.05) is 47.9 Å². The van der Waals surface area contributed by atoms with Crippen LogP contribution in [0.4, 0.5) is 5.13 Å². The van der Waals surface area contributed by atoms with Crippen LogP contribution in [0.2, 0.25) is 0 Å². The van der Waals surface area contributed by atoms with E-state index in [0.29, 0.717) is 44.2 Å². The molecule has 0 radical (unpaired) electrons. The zero-order chi connectivity index (χ0) is 34.4. The van der Waals surface area contributed by atoms with E-state index >= 15 is 0 Å². The number of ether oxygens (including phenoxy) is 3. The Bertz CT molecular complexity index is 2280. The van der Waals surface area contributed by atoms with Crippen molar-refractivity contribution in [2.75, 3.05) is 26.2 Å². The Labute approximate surface area is 289 Å². The van der Waals surface area contributed by atoms with Crippen LogP contribution >= 0.6 is 23.1 Å². The third-order valence-electron chi connectivity index (χ3n) is 8.59. The van der Waals surface area contributed by atoms with Crippen LogP contribution in [0.1, 0.15) is 34.1 Å². The second-order valence-electron chi connectivity index (χ2n) is 11.3. The van der Waals surface area contributed by atoms with Crippen molar-refractivity contribution in [2.45, 2.75) is 30.0 Å². The SMILES string of the molecule is COc1cc(C2C(=C(O)c3nc4c(C)cccn4c3C)C(=O)C(=O)N2c2nnc(SCc3cccc4ccccc34)s2)cc(OC)c1OC. The highest BCUT2D eigenvalue weighted by molar-refractivity contribution is 8.00. The predicted octanol–water partition coefficient (Wildman–Crippen LogP) is 6.90. The smallest absolute Gasteiger partial charge is 0.301 e. The molecule has 49 heavy (non-hydrogen) atoms. The number of ketones is 1. The average molecular weight is 694 g/mol. The molecule has 1 aliphatic rings. The van der Waals surface area contributed by atoms with Gasteiger partial charge in [-0.15, -0.1) is 10.2 Å². The number of aromatic nitrogens is 4. The topological polar surface area (TPSA) is 128 Å². The fourth-order valence-electron chi connectivity index (χ4n) is 6.19. The van der Waals surface area contributed by atoms with Gasteiger partial charge in [-0.1, -0.05) is 71.6 Å². The van der Waals surface area contributed by atoms with Crippen molar-refractivity contribution in [3.63, 3.8) is 0 Å². The molecule has 0 aliphatic carbocycles. The highest BCUT2D eigenvalue weighted by Gasteiger charge is 2.49. The molecule has 3 aromatic carbocycles. The maximum Gasteiger partial charge on any atom is 0.301 e. The Morgan fingerprint density at radius 3 is 2.39 bits per heavy atom. The van der Waals surface area contributed by atoms with Gasteiger partial charge in [-0.3, -0.25) is 14.5 Å². The molecule has 3 aromatic heterocycles. The van der Waals surface area contributed by atoms with Gasteiger partial charge in [0.05, 0.1) is 38.6 Å². The van der Waals surface area contributed by atoms with E-state index in [1.54, 1.807) is 19.1 Å². The van der Waals surface area contributed by atoms with Gasteiger partial charge in [0.15, 0.2) is 21.6 Å². The number of methoxy groups -OCH3 is 3. The molecule has 1 fully saturated rings. The largest absolute Gasteiger partial charge is 0.505 e. The standard InChI is InChI=1S/C36H31N5O6S2/c1-19-10-9-15-40-20(2)28(37-33(19)40)30(42)27-29(23-16-25(45-3)32(47-5)26(17-23)46-4)41(34(44)31(27)43)35-38-39-36(49-35)48-18-22-13-8-12-21-11-6-7-14-24(21)22/h6-17,29,42H,18H2,1-5H3. The van der Waals surface area contributed by atoms with Crippen LogP contribution in [0.5, 0.6) is 17.2 Å². The summed E-state index contributed by atoms with van der Waals surface area (Å²) in [6.07, 6.45) is 1.83. The molecule has 1 aliphatic heterocycles. The van der Waals surface area contributed by atoms with Crippen molar-refractivity contribution < 1.29 is 28.9 Å². The number of pyridine rings is 1. The lowest BCUT2D eigenvalue weighted by Gasteiger charge is -2.24. The Kier molecular flexibility index (Phi) is 8.47. The van der Waals surface area contributed by atoms with E-state index in [4.69, 9.17) is 19.2 Å². The molecule has 1 atom stereocenters. The number of rotatable bonds is 9. The number of thioether (sulfide) groups is 1. The van der Waals surface area contributed by atoms with Gasteiger partial charge in [0.25, 0.3) is 5.78 Å². The Balaban J connectivity index is 1.35. The molecule has 1 saturated heterocycles. The first-order chi connectivity index (χ1) is 23.7. The molecule has 6 aromatic rings. The summed E-state index contributed by atoms with van der Waals surface area (Å²) in [6, 6.07) is 20.3. The van der Waals surface area contributed by atoms with Crippen molar-refractivity contribution in [2.24, 2.45) is 0 Å². The zero-order valence-electron chi connectivity index (χ0n) is 27.3. The number of aliphatic hydroxyl groups is 1. The normalized spacial score (nSPS) is 15.8. The number of imidazole rings is 1. The third kappa shape index (κ3) is 5.44. The molecule has 4 heterocycles. The van der Waals surface area contributed by atoms with Gasteiger partial charge in [-0.25, -0.2) is 4.98 Å². The van der Waals surface area contributed by atoms with Crippen molar-refractivity contribution in [1.29, 1.82) is 0 Å². The van der Waals surface area contributed by atoms with Gasteiger partial charge in [-0.05, 0) is 59.5 Å². The van der Waals surface area contributed by atoms with Gasteiger partial charge < -0.3 is 23.7 Å². The molecule has 0 bridgehead atoms. The first-order valence-corrected chi connectivity index (χ1v) is 17.0. The van der Waals surface area contributed by atoms with Crippen LogP contribution in [0.3, 0.4) is 0 Å². The summed E-state index contributed by atoms with van der Waals surface area (Å²) in [5, 5.41) is 23.2. The molecule has 1 unspecified atom stereocenters. The predicted molar refractivity (Wildman–Crippen MR) is 189 cm³/mol. The monoisotopic (exact) mass is 693 g/mol. The minimum absolute atomic E-state index is 0.149. The first kappa shape index (κ1) is 32.2. The second-order valence-corrected chi connectivity index (χ2v) is 13.5. The number of anilines is 1. The Morgan fingerprint density at radius 2 is 1.67 bits per heavy atom. The molecule has 0 spiro atoms. The van der Waals surface area contributed by atoms with Crippen molar-refractivity contribution in [3.05, 3.63) is 107 Å². The van der Waals surface area contributed by atoms with E-state index < -0.39 is 23.5 Å². The van der Waals surface area contributed by atoms with Crippen LogP contribution in [0, 0.1) is 13.8 Å². The number of Topliss-reactive ketones (excluding diaryl/α,β-unsaturated/α-hetero) is 1. The maximum absolute atomic E-state index is 14.0. The molecule has 13 heteroatoms. The molecular formula is C36H31N5O6S2. The number of aliphatic hydroxyl groups excluding tert-OH is 1. The van der Waals surface area contributed by atoms with Crippen LogP contribution in [0.25, 0.3) is 22.2 Å². The number of nitrogens with zero attached hydrogens (tertiary/aromatic N) is 5. The average Bonchev–Trinajstić information content (AvgIpc) is 3.80. The van der Waals surface area contributed by atoms with Gasteiger partial charge in [0, 0.05) is 11.9 Å². The summed E-state index contributed by atoms with van der Waals surface area (Å²) >= 11 is 2.67. The minimum atomic E-state index is -1.12. The van der Waals surface area contributed by atoms with Gasteiger partial charge in [0.1, 0.15) is 11.3 Å². The lowest BCUT2D eigenvalue weighted by Crippen LogP contribution is -2.29. The van der Waals surface area contributed by atoms with Crippen LogP contribution < -0.4 is 19.1 Å². The molecule has 1 amide bonds. The van der Waals surface area contributed by atoms with E-state index in [-0.39, 0.29) is 16.4 Å². The van der Waals surface area contributed by atoms with Crippen molar-refractivity contribution >= 4 is 62.1 Å². The van der Waals surface area contributed by atoms with Crippen LogP contribution in [-0.2, 0) is 15.3 Å². The summed E-state index contributed by atoms with van der Waals surface area (Å²) < 4.78 is 19.2. The highest BCUT2D eigenvalue weighted by atomic mass is 32.2. The number of amides is 1. The van der Waals surface area contributed by atoms with Crippen molar-refractivity contribution in [1.82, 2.24) is 19.6 Å². The van der Waals surface area contributed by atoms with E-state index in [9.17, 15) is 14.7 Å². The molecule has 0 saturated carbocycles. The van der Waals surface area contributed by atoms with Gasteiger partial charge in [0.2, 0.25) is 10.9 Å². The Morgan fingerprint density at radius 1 is 0.939 bits per heavy atom. The molecule has 248 valence electrons. The molecule has 1 N–H and O–H groups in total. The van der Waals surface area contributed by atoms with Crippen LogP contribution in [-0.4, -0.2) is 57.7 Å². The quantitative estimate of drug-likeness (QED) is 0.0562. The summed E-state index contributed by atoms with van der Waals surface area (Å²) in [7, 11) is 4.44. The number of benzene rings is 3. The summed E-state index contributed by atoms with van der Waals surface area (Å²) in [4.78, 5) is 33.9. The number of hydrogen-bond donors (Lipinski definition) is 1. The van der Waals surface area contributed by atoms with E-state index in [0.717, 1.165) is 21.9 Å². The highest BCUT2D eigenvalue weighted by Crippen LogP contribution is 2.48. The minimum Gasteiger partial charge on any atom is -0.505 e. The fourth-order valence-corrected chi connectivity index (χ4v) is 8.07. The van der Waals surface area contributed by atoms with Crippen LogP contribution in [0.15, 0.2) is 82.8 Å². The first-order valence-electron chi connectivity index (χ1n) is 15.2. The molecule has 11 nitrogen and oxygen atoms in total. The number of hydrogen-bond acceptors (Lipinski definition) is 11. The summed E-state index contributed by atoms with van der Waals surface area (Å²) in [5.41, 5.74) is 3.71. The lowest BCUT2D eigenvalue weighted by atomic mass is 9.95. The van der Waals surface area contributed by atoms with E-state index in [2.05, 4.69) is 34.5 Å². The maximum atomic E-state index is 14.0. The summed E-state index contributed by atoms with van der Waals surface area (Å²) in [5.74, 6) is -0.575. The Hall–Kier alpha value is -5.40. The van der Waals surface area contributed by atoms with E-state index in [1.165, 1.54) is 49.3 Å². The van der Waals surface area contributed by atoms with Crippen molar-refractivity contribution in [3.8, 4) is 17.2 Å². The summed E-state index contributed by atoms with van der Waals surface area (Å²) in [6.45, 7) is 3.70. The number of fused-ring (bicyclic) bond motifs is 2. The van der Waals surface area contributed by atoms with Gasteiger partial charge >= 0.3 is 5.91 Å². The second kappa shape index (κ2) is 12.9. The zero-order valence-corrected chi connectivity index (χ0v) is 28.9. The number of carbonyl (C=O) groups excluding carboxylic acids is 2. The molecular weight excluding hydrogens is 663 g/mol. The lowest BCUT2D eigenvalue weighted by molar-refractivity contribution is -0.132. The van der Waals surface area contributed by atoms with Gasteiger partial charge in [-0.2, -0.15) is 0 Å².